The van der Waals surface area contributed by atoms with Gasteiger partial charge in [-0.2, -0.15) is 0 Å². The van der Waals surface area contributed by atoms with E-state index in [0.717, 1.165) is 12.0 Å². The van der Waals surface area contributed by atoms with Gasteiger partial charge in [-0.1, -0.05) is 43.3 Å². The summed E-state index contributed by atoms with van der Waals surface area (Å²) in [6, 6.07) is 22.1. The number of rotatable bonds is 6. The molecule has 0 fully saturated rings. The zero-order valence-electron chi connectivity index (χ0n) is 18.7. The van der Waals surface area contributed by atoms with Crippen LogP contribution in [0.3, 0.4) is 0 Å². The monoisotopic (exact) mass is 439 g/mol. The van der Waals surface area contributed by atoms with E-state index in [2.05, 4.69) is 12.2 Å². The fraction of sp³-hybridized carbons (Fsp3) is 0.185. The molecule has 0 atom stereocenters. The van der Waals surface area contributed by atoms with Crippen molar-refractivity contribution in [3.05, 3.63) is 89.5 Å². The van der Waals surface area contributed by atoms with Crippen molar-refractivity contribution in [1.82, 2.24) is 0 Å². The number of aliphatic imine (C=N–C) groups is 1. The highest BCUT2D eigenvalue weighted by molar-refractivity contribution is 6.19. The first-order chi connectivity index (χ1) is 15.9. The van der Waals surface area contributed by atoms with Gasteiger partial charge in [-0.3, -0.25) is 19.4 Å². The topological polar surface area (TPSA) is 78.8 Å². The van der Waals surface area contributed by atoms with Crippen LogP contribution in [0, 0.1) is 0 Å². The first kappa shape index (κ1) is 22.1. The number of aryl methyl sites for hydroxylation is 1. The van der Waals surface area contributed by atoms with Gasteiger partial charge in [-0.05, 0) is 60.9 Å². The Balaban J connectivity index is 1.55. The van der Waals surface area contributed by atoms with Gasteiger partial charge >= 0.3 is 0 Å². The van der Waals surface area contributed by atoms with E-state index >= 15 is 0 Å². The first-order valence-corrected chi connectivity index (χ1v) is 10.9. The van der Waals surface area contributed by atoms with E-state index in [4.69, 9.17) is 4.99 Å². The van der Waals surface area contributed by atoms with E-state index in [1.165, 1.54) is 17.4 Å². The summed E-state index contributed by atoms with van der Waals surface area (Å²) >= 11 is 0. The van der Waals surface area contributed by atoms with Crippen LogP contribution in [0.1, 0.15) is 41.8 Å². The number of nitrogens with one attached hydrogen (secondary N) is 1. The molecule has 3 aromatic rings. The highest BCUT2D eigenvalue weighted by atomic mass is 16.2. The quantitative estimate of drug-likeness (QED) is 0.552. The Hall–Kier alpha value is -4.06. The Morgan fingerprint density at radius 2 is 1.67 bits per heavy atom. The second-order valence-corrected chi connectivity index (χ2v) is 7.94. The van der Waals surface area contributed by atoms with E-state index in [9.17, 15) is 14.4 Å². The van der Waals surface area contributed by atoms with Crippen LogP contribution >= 0.6 is 0 Å². The van der Waals surface area contributed by atoms with Gasteiger partial charge < -0.3 is 10.2 Å². The Kier molecular flexibility index (Phi) is 6.45. The summed E-state index contributed by atoms with van der Waals surface area (Å²) in [5.41, 5.74) is 5.18. The molecule has 1 N–H and O–H groups in total. The minimum Gasteiger partial charge on any atom is -0.325 e. The Morgan fingerprint density at radius 3 is 2.33 bits per heavy atom. The van der Waals surface area contributed by atoms with Crippen LogP contribution in [0.2, 0.25) is 0 Å². The molecule has 33 heavy (non-hydrogen) atoms. The number of Topliss-reactive ketones (excluding diaryl/α,β-unsaturated/α-hetero) is 1. The van der Waals surface area contributed by atoms with Crippen LogP contribution < -0.4 is 10.2 Å². The second kappa shape index (κ2) is 9.61. The third-order valence-electron chi connectivity index (χ3n) is 5.62. The lowest BCUT2D eigenvalue weighted by Crippen LogP contribution is -2.38. The molecule has 1 aliphatic heterocycles. The fourth-order valence-electron chi connectivity index (χ4n) is 3.75. The lowest BCUT2D eigenvalue weighted by Gasteiger charge is -2.22. The molecule has 2 amide bonds. The minimum atomic E-state index is -0.329. The molecular weight excluding hydrogens is 414 g/mol. The molecule has 3 aromatic carbocycles. The van der Waals surface area contributed by atoms with Crippen molar-refractivity contribution in [1.29, 1.82) is 0 Å². The smallest absolute Gasteiger partial charge is 0.244 e. The lowest BCUT2D eigenvalue weighted by molar-refractivity contribution is -0.120. The zero-order valence-corrected chi connectivity index (χ0v) is 18.7. The van der Waals surface area contributed by atoms with Gasteiger partial charge in [0.05, 0.1) is 23.5 Å². The van der Waals surface area contributed by atoms with Crippen molar-refractivity contribution in [2.75, 3.05) is 16.8 Å². The van der Waals surface area contributed by atoms with Crippen LogP contribution in [0.15, 0.2) is 77.8 Å². The van der Waals surface area contributed by atoms with Crippen LogP contribution in [-0.2, 0) is 16.0 Å². The predicted molar refractivity (Wildman–Crippen MR) is 131 cm³/mol. The van der Waals surface area contributed by atoms with Crippen molar-refractivity contribution < 1.29 is 14.4 Å². The SMILES string of the molecule is CCc1ccc(C2=Nc3ccccc3N(CC(=O)Nc3ccc(C(C)=O)cc3)C(=O)C2)cc1. The number of carbonyl (C=O) groups excluding carboxylic acids is 3. The van der Waals surface area contributed by atoms with Crippen molar-refractivity contribution in [2.45, 2.75) is 26.7 Å². The molecule has 0 spiro atoms. The van der Waals surface area contributed by atoms with Gasteiger partial charge in [0.1, 0.15) is 6.54 Å². The molecule has 1 heterocycles. The van der Waals surface area contributed by atoms with E-state index in [0.29, 0.717) is 28.3 Å². The largest absolute Gasteiger partial charge is 0.325 e. The van der Waals surface area contributed by atoms with Crippen LogP contribution in [0.5, 0.6) is 0 Å². The lowest BCUT2D eigenvalue weighted by atomic mass is 10.0. The number of benzene rings is 3. The van der Waals surface area contributed by atoms with Crippen molar-refractivity contribution in [2.24, 2.45) is 4.99 Å². The van der Waals surface area contributed by atoms with Crippen molar-refractivity contribution in [3.8, 4) is 0 Å². The number of ketones is 1. The normalized spacial score (nSPS) is 13.1. The molecule has 0 saturated heterocycles. The number of para-hydroxylation sites is 2. The number of amides is 2. The molecule has 1 aliphatic rings. The van der Waals surface area contributed by atoms with Gasteiger partial charge in [0.25, 0.3) is 0 Å². The predicted octanol–water partition coefficient (Wildman–Crippen LogP) is 4.95. The van der Waals surface area contributed by atoms with E-state index < -0.39 is 0 Å². The summed E-state index contributed by atoms with van der Waals surface area (Å²) in [7, 11) is 0. The molecule has 6 nitrogen and oxygen atoms in total. The number of hydrogen-bond acceptors (Lipinski definition) is 4. The molecule has 4 rings (SSSR count). The molecule has 0 aliphatic carbocycles. The maximum absolute atomic E-state index is 13.2. The summed E-state index contributed by atoms with van der Waals surface area (Å²) in [4.78, 5) is 43.7. The highest BCUT2D eigenvalue weighted by Crippen LogP contribution is 2.33. The maximum Gasteiger partial charge on any atom is 0.244 e. The molecule has 6 heteroatoms. The third-order valence-corrected chi connectivity index (χ3v) is 5.62. The maximum atomic E-state index is 13.2. The summed E-state index contributed by atoms with van der Waals surface area (Å²) in [5.74, 6) is -0.565. The van der Waals surface area contributed by atoms with Crippen molar-refractivity contribution in [3.63, 3.8) is 0 Å². The molecular formula is C27H25N3O3. The molecule has 166 valence electrons. The van der Waals surface area contributed by atoms with Gasteiger partial charge in [0.2, 0.25) is 11.8 Å². The Morgan fingerprint density at radius 1 is 0.970 bits per heavy atom. The van der Waals surface area contributed by atoms with Gasteiger partial charge in [0, 0.05) is 11.3 Å². The first-order valence-electron chi connectivity index (χ1n) is 10.9. The van der Waals surface area contributed by atoms with E-state index in [-0.39, 0.29) is 30.6 Å². The van der Waals surface area contributed by atoms with Gasteiger partial charge in [-0.25, -0.2) is 0 Å². The second-order valence-electron chi connectivity index (χ2n) is 7.94. The van der Waals surface area contributed by atoms with E-state index in [1.807, 2.05) is 42.5 Å². The van der Waals surface area contributed by atoms with Gasteiger partial charge in [0.15, 0.2) is 5.78 Å². The summed E-state index contributed by atoms with van der Waals surface area (Å²) in [6.07, 6.45) is 1.04. The molecule has 0 aromatic heterocycles. The average molecular weight is 440 g/mol. The summed E-state index contributed by atoms with van der Waals surface area (Å²) in [5, 5.41) is 2.80. The number of hydrogen-bond donors (Lipinski definition) is 1. The van der Waals surface area contributed by atoms with E-state index in [1.54, 1.807) is 30.3 Å². The highest BCUT2D eigenvalue weighted by Gasteiger charge is 2.26. The van der Waals surface area contributed by atoms with Crippen LogP contribution in [0.25, 0.3) is 0 Å². The molecule has 0 bridgehead atoms. The molecule has 0 saturated carbocycles. The third kappa shape index (κ3) is 5.06. The Labute approximate surface area is 193 Å². The average Bonchev–Trinajstić information content (AvgIpc) is 2.96. The Bertz CT molecular complexity index is 1230. The van der Waals surface area contributed by atoms with Gasteiger partial charge in [-0.15, -0.1) is 0 Å². The van der Waals surface area contributed by atoms with Crippen LogP contribution in [0.4, 0.5) is 17.1 Å². The number of nitrogens with zero attached hydrogens (tertiary/aromatic N) is 2. The van der Waals surface area contributed by atoms with Crippen molar-refractivity contribution >= 4 is 40.4 Å². The number of anilines is 2. The molecule has 0 unspecified atom stereocenters. The minimum absolute atomic E-state index is 0.0419. The number of fused-ring (bicyclic) bond motifs is 1. The standard InChI is InChI=1S/C27H25N3O3/c1-3-19-8-10-21(11-9-19)24-16-27(33)30(25-7-5-4-6-23(25)29-24)17-26(32)28-22-14-12-20(13-15-22)18(2)31/h4-15H,3,16-17H2,1-2H3,(H,28,32). The van der Waals surface area contributed by atoms with Crippen LogP contribution in [-0.4, -0.2) is 29.9 Å². The summed E-state index contributed by atoms with van der Waals surface area (Å²) < 4.78 is 0. The zero-order chi connectivity index (χ0) is 23.4. The number of carbonyl (C=O) groups is 3. The molecule has 0 radical (unpaired) electrons. The fourth-order valence-corrected chi connectivity index (χ4v) is 3.75. The summed E-state index contributed by atoms with van der Waals surface area (Å²) in [6.45, 7) is 3.45.